The summed E-state index contributed by atoms with van der Waals surface area (Å²) >= 11 is 1.45. The van der Waals surface area contributed by atoms with Gasteiger partial charge < -0.3 is 9.72 Å². The number of hydrogen-bond acceptors (Lipinski definition) is 4. The highest BCUT2D eigenvalue weighted by molar-refractivity contribution is 8.00. The van der Waals surface area contributed by atoms with Crippen LogP contribution >= 0.6 is 11.8 Å². The lowest BCUT2D eigenvalue weighted by atomic mass is 10.1. The number of ether oxygens (including phenoxy) is 1. The van der Waals surface area contributed by atoms with Crippen LogP contribution in [0.1, 0.15) is 17.3 Å². The van der Waals surface area contributed by atoms with Crippen LogP contribution in [0.25, 0.3) is 16.6 Å². The van der Waals surface area contributed by atoms with Crippen LogP contribution in [0.4, 0.5) is 0 Å². The van der Waals surface area contributed by atoms with E-state index >= 15 is 0 Å². The summed E-state index contributed by atoms with van der Waals surface area (Å²) in [5.74, 6) is 0.887. The zero-order chi connectivity index (χ0) is 18.8. The number of hydrogen-bond donors (Lipinski definition) is 1. The molecule has 0 spiro atoms. The van der Waals surface area contributed by atoms with Crippen LogP contribution in [0.5, 0.6) is 5.75 Å². The van der Waals surface area contributed by atoms with Crippen molar-refractivity contribution in [2.75, 3.05) is 7.11 Å². The highest BCUT2D eigenvalue weighted by atomic mass is 32.2. The van der Waals surface area contributed by atoms with Crippen molar-refractivity contribution in [3.05, 3.63) is 72.7 Å². The van der Waals surface area contributed by atoms with Gasteiger partial charge in [-0.3, -0.25) is 9.36 Å². The monoisotopic (exact) mass is 377 g/mol. The molecule has 0 unspecified atom stereocenters. The zero-order valence-corrected chi connectivity index (χ0v) is 15.9. The Morgan fingerprint density at radius 1 is 1.19 bits per heavy atom. The molecule has 0 radical (unpaired) electrons. The van der Waals surface area contributed by atoms with Gasteiger partial charge in [0.1, 0.15) is 5.75 Å². The Morgan fingerprint density at radius 2 is 1.96 bits per heavy atom. The van der Waals surface area contributed by atoms with E-state index < -0.39 is 0 Å². The van der Waals surface area contributed by atoms with Crippen LogP contribution in [0.2, 0.25) is 0 Å². The van der Waals surface area contributed by atoms with E-state index in [1.165, 1.54) is 11.8 Å². The molecule has 0 saturated heterocycles. The highest BCUT2D eigenvalue weighted by Gasteiger charge is 2.21. The zero-order valence-electron chi connectivity index (χ0n) is 15.0. The van der Waals surface area contributed by atoms with E-state index in [2.05, 4.69) is 9.97 Å². The van der Waals surface area contributed by atoms with Gasteiger partial charge in [-0.05, 0) is 37.3 Å². The predicted octanol–water partition coefficient (Wildman–Crippen LogP) is 4.73. The molecule has 4 rings (SSSR count). The fourth-order valence-corrected chi connectivity index (χ4v) is 3.97. The van der Waals surface area contributed by atoms with Gasteiger partial charge in [0.15, 0.2) is 10.9 Å². The number of carbonyl (C=O) groups is 1. The van der Waals surface area contributed by atoms with Gasteiger partial charge in [-0.2, -0.15) is 0 Å². The first-order valence-electron chi connectivity index (χ1n) is 8.62. The maximum atomic E-state index is 13.0. The standard InChI is InChI=1S/C21H19N3O2S/c1-14(20(25)18-13-23-19-6-4-3-5-17(18)19)27-21-22-11-12-24(21)15-7-9-16(26-2)10-8-15/h3-14,23H,1-2H3/t14-/m1/s1. The lowest BCUT2D eigenvalue weighted by molar-refractivity contribution is 0.0995. The van der Waals surface area contributed by atoms with Crippen LogP contribution in [0.15, 0.2) is 72.3 Å². The van der Waals surface area contributed by atoms with Crippen LogP contribution < -0.4 is 4.74 Å². The summed E-state index contributed by atoms with van der Waals surface area (Å²) in [6.07, 6.45) is 5.43. The molecule has 5 nitrogen and oxygen atoms in total. The van der Waals surface area contributed by atoms with Gasteiger partial charge in [-0.1, -0.05) is 30.0 Å². The highest BCUT2D eigenvalue weighted by Crippen LogP contribution is 2.29. The van der Waals surface area contributed by atoms with E-state index in [9.17, 15) is 4.79 Å². The Labute approximate surface area is 161 Å². The first-order chi connectivity index (χ1) is 13.2. The number of para-hydroxylation sites is 1. The summed E-state index contributed by atoms with van der Waals surface area (Å²) in [7, 11) is 1.64. The predicted molar refractivity (Wildman–Crippen MR) is 108 cm³/mol. The summed E-state index contributed by atoms with van der Waals surface area (Å²) in [5.41, 5.74) is 2.66. The normalized spacial score (nSPS) is 12.2. The Morgan fingerprint density at radius 3 is 2.74 bits per heavy atom. The van der Waals surface area contributed by atoms with E-state index in [0.717, 1.165) is 27.5 Å². The molecule has 0 amide bonds. The van der Waals surface area contributed by atoms with Crippen LogP contribution in [-0.4, -0.2) is 32.7 Å². The second-order valence-corrected chi connectivity index (χ2v) is 7.46. The quantitative estimate of drug-likeness (QED) is 0.390. The van der Waals surface area contributed by atoms with Gasteiger partial charge in [0, 0.05) is 40.7 Å². The third-order valence-electron chi connectivity index (χ3n) is 4.46. The number of methoxy groups -OCH3 is 1. The molecule has 2 heterocycles. The van der Waals surface area contributed by atoms with E-state index in [0.29, 0.717) is 5.56 Å². The average Bonchev–Trinajstić information content (AvgIpc) is 3.34. The number of aromatic amines is 1. The van der Waals surface area contributed by atoms with Gasteiger partial charge in [0.25, 0.3) is 0 Å². The molecule has 27 heavy (non-hydrogen) atoms. The summed E-state index contributed by atoms with van der Waals surface area (Å²) in [4.78, 5) is 20.6. The molecule has 1 atom stereocenters. The molecule has 0 saturated carbocycles. The number of rotatable bonds is 6. The number of Topliss-reactive ketones (excluding diaryl/α,β-unsaturated/α-hetero) is 1. The summed E-state index contributed by atoms with van der Waals surface area (Å²) in [5, 5.41) is 1.47. The molecule has 0 aliphatic heterocycles. The van der Waals surface area contributed by atoms with Gasteiger partial charge in [0.05, 0.1) is 12.4 Å². The number of carbonyl (C=O) groups excluding carboxylic acids is 1. The van der Waals surface area contributed by atoms with Crippen molar-refractivity contribution in [1.82, 2.24) is 14.5 Å². The molecule has 136 valence electrons. The molecule has 1 N–H and O–H groups in total. The minimum Gasteiger partial charge on any atom is -0.497 e. The van der Waals surface area contributed by atoms with Crippen molar-refractivity contribution < 1.29 is 9.53 Å². The number of aromatic nitrogens is 3. The molecule has 2 aromatic carbocycles. The Bertz CT molecular complexity index is 1080. The molecule has 0 aliphatic carbocycles. The fourth-order valence-electron chi connectivity index (χ4n) is 3.02. The third-order valence-corrected chi connectivity index (χ3v) is 5.54. The van der Waals surface area contributed by atoms with Crippen molar-refractivity contribution in [2.24, 2.45) is 0 Å². The van der Waals surface area contributed by atoms with E-state index in [1.807, 2.05) is 66.2 Å². The van der Waals surface area contributed by atoms with Crippen molar-refractivity contribution in [2.45, 2.75) is 17.3 Å². The number of fused-ring (bicyclic) bond motifs is 1. The lowest BCUT2D eigenvalue weighted by Gasteiger charge is -2.12. The lowest BCUT2D eigenvalue weighted by Crippen LogP contribution is -2.14. The number of thioether (sulfide) groups is 1. The Balaban J connectivity index is 1.57. The summed E-state index contributed by atoms with van der Waals surface area (Å²) in [6.45, 7) is 1.92. The minimum absolute atomic E-state index is 0.0849. The SMILES string of the molecule is COc1ccc(-n2ccnc2S[C@H](C)C(=O)c2c[nH]c3ccccc23)cc1. The maximum Gasteiger partial charge on any atom is 0.178 e. The third kappa shape index (κ3) is 3.36. The van der Waals surface area contributed by atoms with Gasteiger partial charge in [-0.25, -0.2) is 4.98 Å². The smallest absolute Gasteiger partial charge is 0.178 e. The number of imidazole rings is 1. The topological polar surface area (TPSA) is 59.9 Å². The van der Waals surface area contributed by atoms with Crippen molar-refractivity contribution in [3.63, 3.8) is 0 Å². The fraction of sp³-hybridized carbons (Fsp3) is 0.143. The second kappa shape index (κ2) is 7.32. The number of nitrogens with one attached hydrogen (secondary N) is 1. The van der Waals surface area contributed by atoms with Crippen molar-refractivity contribution >= 4 is 28.4 Å². The van der Waals surface area contributed by atoms with E-state index in [4.69, 9.17) is 4.74 Å². The van der Waals surface area contributed by atoms with Crippen LogP contribution in [-0.2, 0) is 0 Å². The summed E-state index contributed by atoms with van der Waals surface area (Å²) in [6, 6.07) is 15.6. The second-order valence-electron chi connectivity index (χ2n) is 6.15. The van der Waals surface area contributed by atoms with Gasteiger partial charge in [0.2, 0.25) is 0 Å². The Kier molecular flexibility index (Phi) is 4.73. The number of ketones is 1. The largest absolute Gasteiger partial charge is 0.497 e. The average molecular weight is 377 g/mol. The number of benzene rings is 2. The molecule has 6 heteroatoms. The molecule has 0 bridgehead atoms. The molecular weight excluding hydrogens is 358 g/mol. The molecule has 2 aromatic heterocycles. The van der Waals surface area contributed by atoms with E-state index in [1.54, 1.807) is 19.5 Å². The maximum absolute atomic E-state index is 13.0. The Hall–Kier alpha value is -2.99. The first kappa shape index (κ1) is 17.4. The first-order valence-corrected chi connectivity index (χ1v) is 9.50. The van der Waals surface area contributed by atoms with Crippen LogP contribution in [0.3, 0.4) is 0 Å². The number of H-pyrrole nitrogens is 1. The molecule has 0 aliphatic rings. The summed E-state index contributed by atoms with van der Waals surface area (Å²) < 4.78 is 7.19. The van der Waals surface area contributed by atoms with Crippen molar-refractivity contribution in [3.8, 4) is 11.4 Å². The minimum atomic E-state index is -0.261. The number of nitrogens with zero attached hydrogens (tertiary/aromatic N) is 2. The van der Waals surface area contributed by atoms with E-state index in [-0.39, 0.29) is 11.0 Å². The molecule has 0 fully saturated rings. The molecule has 4 aromatic rings. The molecular formula is C21H19N3O2S. The van der Waals surface area contributed by atoms with Crippen molar-refractivity contribution in [1.29, 1.82) is 0 Å². The van der Waals surface area contributed by atoms with Gasteiger partial charge in [-0.15, -0.1) is 0 Å². The van der Waals surface area contributed by atoms with Gasteiger partial charge >= 0.3 is 0 Å². The van der Waals surface area contributed by atoms with Crippen LogP contribution in [0, 0.1) is 0 Å².